The van der Waals surface area contributed by atoms with Crippen molar-refractivity contribution in [1.82, 2.24) is 19.9 Å². The smallest absolute Gasteiger partial charge is 0.325 e. The molecule has 0 aliphatic rings. The van der Waals surface area contributed by atoms with Gasteiger partial charge in [0.2, 0.25) is 0 Å². The second-order valence-corrected chi connectivity index (χ2v) is 6.42. The van der Waals surface area contributed by atoms with Crippen molar-refractivity contribution >= 4 is 28.3 Å². The van der Waals surface area contributed by atoms with Crippen LogP contribution in [0.3, 0.4) is 0 Å². The molecule has 0 bridgehead atoms. The van der Waals surface area contributed by atoms with Gasteiger partial charge < -0.3 is 15.2 Å². The van der Waals surface area contributed by atoms with E-state index in [2.05, 4.69) is 15.4 Å². The van der Waals surface area contributed by atoms with Crippen LogP contribution in [0.4, 0.5) is 4.39 Å². The minimum atomic E-state index is -0.704. The zero-order valence-electron chi connectivity index (χ0n) is 15.9. The summed E-state index contributed by atoms with van der Waals surface area (Å²) in [6, 6.07) is 11.1. The van der Waals surface area contributed by atoms with Crippen LogP contribution >= 0.6 is 0 Å². The lowest BCUT2D eigenvalue weighted by Gasteiger charge is -2.14. The van der Waals surface area contributed by atoms with Crippen LogP contribution in [-0.2, 0) is 9.53 Å². The zero-order valence-corrected chi connectivity index (χ0v) is 15.9. The summed E-state index contributed by atoms with van der Waals surface area (Å²) in [5.41, 5.74) is 1.59. The molecule has 2 heterocycles. The van der Waals surface area contributed by atoms with Gasteiger partial charge in [-0.3, -0.25) is 9.59 Å². The number of ether oxygens (including phenoxy) is 1. The molecule has 30 heavy (non-hydrogen) atoms. The van der Waals surface area contributed by atoms with Crippen LogP contribution in [0.1, 0.15) is 17.4 Å². The van der Waals surface area contributed by atoms with Gasteiger partial charge in [-0.15, -0.1) is 0 Å². The van der Waals surface area contributed by atoms with Crippen LogP contribution in [-0.4, -0.2) is 44.7 Å². The van der Waals surface area contributed by atoms with E-state index in [9.17, 15) is 19.1 Å². The molecule has 152 valence electrons. The third kappa shape index (κ3) is 3.30. The summed E-state index contributed by atoms with van der Waals surface area (Å²) in [4.78, 5) is 28.5. The van der Waals surface area contributed by atoms with Gasteiger partial charge in [0, 0.05) is 10.8 Å². The van der Waals surface area contributed by atoms with Gasteiger partial charge >= 0.3 is 5.97 Å². The Morgan fingerprint density at radius 3 is 2.70 bits per heavy atom. The van der Waals surface area contributed by atoms with Crippen molar-refractivity contribution in [2.45, 2.75) is 6.92 Å². The van der Waals surface area contributed by atoms with E-state index in [1.165, 1.54) is 23.0 Å². The average Bonchev–Trinajstić information content (AvgIpc) is 3.22. The summed E-state index contributed by atoms with van der Waals surface area (Å²) < 4.78 is 19.4. The zero-order chi connectivity index (χ0) is 21.3. The Morgan fingerprint density at radius 2 is 1.97 bits per heavy atom. The van der Waals surface area contributed by atoms with Crippen LogP contribution in [0, 0.1) is 5.82 Å². The number of rotatable bonds is 5. The number of amides is 1. The van der Waals surface area contributed by atoms with Crippen molar-refractivity contribution in [3.05, 3.63) is 60.3 Å². The van der Waals surface area contributed by atoms with Crippen LogP contribution in [0.25, 0.3) is 27.5 Å². The monoisotopic (exact) mass is 408 g/mol. The molecule has 0 aliphatic carbocycles. The van der Waals surface area contributed by atoms with E-state index < -0.39 is 11.9 Å². The number of fused-ring (bicyclic) bond motifs is 3. The highest BCUT2D eigenvalue weighted by Crippen LogP contribution is 2.37. The number of nitrogens with one attached hydrogen (secondary N) is 1. The van der Waals surface area contributed by atoms with E-state index in [0.717, 1.165) is 0 Å². The van der Waals surface area contributed by atoms with Crippen LogP contribution in [0.2, 0.25) is 0 Å². The molecule has 9 heteroatoms. The Labute approximate surface area is 169 Å². The fraction of sp³-hybridized carbons (Fsp3) is 0.143. The summed E-state index contributed by atoms with van der Waals surface area (Å²) >= 11 is 0. The SMILES string of the molecule is CCOC(=O)CNC(=O)c1c(O)c2cccc(-c3ccc(F)cc3)c2c2ncnn12. The largest absolute Gasteiger partial charge is 0.505 e. The minimum Gasteiger partial charge on any atom is -0.505 e. The summed E-state index contributed by atoms with van der Waals surface area (Å²) in [6.07, 6.45) is 1.26. The van der Waals surface area contributed by atoms with E-state index in [1.807, 2.05) is 6.07 Å². The first-order valence-corrected chi connectivity index (χ1v) is 9.18. The Kier molecular flexibility index (Phi) is 5.01. The quantitative estimate of drug-likeness (QED) is 0.492. The molecule has 4 aromatic rings. The van der Waals surface area contributed by atoms with Gasteiger partial charge in [0.25, 0.3) is 5.91 Å². The number of benzene rings is 2. The lowest BCUT2D eigenvalue weighted by atomic mass is 9.98. The minimum absolute atomic E-state index is 0.157. The summed E-state index contributed by atoms with van der Waals surface area (Å²) in [7, 11) is 0. The number of aromatic nitrogens is 3. The molecule has 0 spiro atoms. The molecular weight excluding hydrogens is 391 g/mol. The normalized spacial score (nSPS) is 11.0. The Balaban J connectivity index is 1.88. The first kappa shape index (κ1) is 19.3. The number of carbonyl (C=O) groups excluding carboxylic acids is 2. The highest BCUT2D eigenvalue weighted by molar-refractivity contribution is 6.12. The highest BCUT2D eigenvalue weighted by atomic mass is 19.1. The van der Waals surface area contributed by atoms with E-state index >= 15 is 0 Å². The van der Waals surface area contributed by atoms with E-state index in [-0.39, 0.29) is 30.4 Å². The summed E-state index contributed by atoms with van der Waals surface area (Å²) in [6.45, 7) is 1.50. The molecular formula is C21H17FN4O4. The number of halogens is 1. The molecule has 0 saturated carbocycles. The topological polar surface area (TPSA) is 106 Å². The fourth-order valence-electron chi connectivity index (χ4n) is 3.32. The first-order valence-electron chi connectivity index (χ1n) is 9.18. The van der Waals surface area contributed by atoms with E-state index in [0.29, 0.717) is 27.5 Å². The lowest BCUT2D eigenvalue weighted by Crippen LogP contribution is -2.32. The second-order valence-electron chi connectivity index (χ2n) is 6.42. The number of aromatic hydroxyl groups is 1. The third-order valence-corrected chi connectivity index (χ3v) is 4.60. The van der Waals surface area contributed by atoms with Crippen LogP contribution in [0.5, 0.6) is 5.75 Å². The van der Waals surface area contributed by atoms with Gasteiger partial charge in [0.15, 0.2) is 17.1 Å². The highest BCUT2D eigenvalue weighted by Gasteiger charge is 2.23. The summed E-state index contributed by atoms with van der Waals surface area (Å²) in [5.74, 6) is -1.98. The number of nitrogens with zero attached hydrogens (tertiary/aromatic N) is 3. The number of carbonyl (C=O) groups is 2. The molecule has 2 aromatic carbocycles. The fourth-order valence-corrected chi connectivity index (χ4v) is 3.32. The molecule has 0 aliphatic heterocycles. The molecule has 2 aromatic heterocycles. The maximum Gasteiger partial charge on any atom is 0.325 e. The third-order valence-electron chi connectivity index (χ3n) is 4.60. The van der Waals surface area contributed by atoms with Gasteiger partial charge in [0.05, 0.1) is 6.61 Å². The van der Waals surface area contributed by atoms with Gasteiger partial charge in [-0.1, -0.05) is 30.3 Å². The van der Waals surface area contributed by atoms with Gasteiger partial charge in [-0.2, -0.15) is 5.10 Å². The van der Waals surface area contributed by atoms with Crippen molar-refractivity contribution in [2.75, 3.05) is 13.2 Å². The maximum atomic E-state index is 13.4. The number of esters is 1. The Bertz CT molecular complexity index is 1270. The Hall–Kier alpha value is -4.01. The lowest BCUT2D eigenvalue weighted by molar-refractivity contribution is -0.141. The second kappa shape index (κ2) is 7.78. The van der Waals surface area contributed by atoms with Gasteiger partial charge in [-0.25, -0.2) is 13.9 Å². The van der Waals surface area contributed by atoms with Gasteiger partial charge in [0.1, 0.15) is 18.7 Å². The Morgan fingerprint density at radius 1 is 1.20 bits per heavy atom. The van der Waals surface area contributed by atoms with Crippen molar-refractivity contribution in [3.8, 4) is 16.9 Å². The van der Waals surface area contributed by atoms with Crippen molar-refractivity contribution in [2.24, 2.45) is 0 Å². The van der Waals surface area contributed by atoms with Gasteiger partial charge in [-0.05, 0) is 30.2 Å². The number of pyridine rings is 1. The maximum absolute atomic E-state index is 13.4. The van der Waals surface area contributed by atoms with E-state index in [4.69, 9.17) is 4.74 Å². The molecule has 2 N–H and O–H groups in total. The molecule has 4 rings (SSSR count). The molecule has 0 unspecified atom stereocenters. The molecule has 0 fully saturated rings. The van der Waals surface area contributed by atoms with Crippen LogP contribution in [0.15, 0.2) is 48.8 Å². The predicted molar refractivity (Wildman–Crippen MR) is 107 cm³/mol. The van der Waals surface area contributed by atoms with E-state index in [1.54, 1.807) is 31.2 Å². The van der Waals surface area contributed by atoms with Crippen molar-refractivity contribution in [1.29, 1.82) is 0 Å². The number of hydrogen-bond donors (Lipinski definition) is 2. The molecule has 0 saturated heterocycles. The molecule has 0 atom stereocenters. The van der Waals surface area contributed by atoms with Crippen LogP contribution < -0.4 is 5.32 Å². The predicted octanol–water partition coefficient (Wildman–Crippen LogP) is 2.69. The molecule has 0 radical (unpaired) electrons. The first-order chi connectivity index (χ1) is 14.5. The summed E-state index contributed by atoms with van der Waals surface area (Å²) in [5, 5.41) is 18.3. The van der Waals surface area contributed by atoms with Crippen molar-refractivity contribution in [3.63, 3.8) is 0 Å². The molecule has 1 amide bonds. The van der Waals surface area contributed by atoms with Crippen molar-refractivity contribution < 1.29 is 23.8 Å². The standard InChI is InChI=1S/C21H17FN4O4/c1-2-30-16(27)10-23-21(29)18-19(28)15-5-3-4-14(12-6-8-13(22)9-7-12)17(15)20-24-11-25-26(18)20/h3-9,11,28H,2,10H2,1H3,(H,23,29). The molecule has 8 nitrogen and oxygen atoms in total. The average molecular weight is 408 g/mol. The number of hydrogen-bond acceptors (Lipinski definition) is 6.